The Labute approximate surface area is 221 Å². The molecule has 0 unspecified atom stereocenters. The first-order valence-corrected chi connectivity index (χ1v) is 15.2. The van der Waals surface area contributed by atoms with E-state index >= 15 is 0 Å². The fourth-order valence-electron chi connectivity index (χ4n) is 9.94. The maximum Gasteiger partial charge on any atom is 0.407 e. The van der Waals surface area contributed by atoms with Gasteiger partial charge in [-0.2, -0.15) is 0 Å². The smallest absolute Gasteiger partial charge is 0.407 e. The molecule has 0 aromatic rings. The Kier molecular flexibility index (Phi) is 7.72. The highest BCUT2D eigenvalue weighted by Crippen LogP contribution is 2.69. The van der Waals surface area contributed by atoms with Crippen LogP contribution in [-0.4, -0.2) is 29.4 Å². The molecule has 36 heavy (non-hydrogen) atoms. The summed E-state index contributed by atoms with van der Waals surface area (Å²) in [6.45, 7) is 19.0. The maximum atomic E-state index is 13.1. The molecule has 206 valence electrons. The number of fused-ring (bicyclic) bond motifs is 4. The van der Waals surface area contributed by atoms with Crippen molar-refractivity contribution < 1.29 is 14.6 Å². The molecule has 2 fully saturated rings. The van der Waals surface area contributed by atoms with Gasteiger partial charge in [0, 0.05) is 0 Å². The number of nitrogens with one attached hydrogen (secondary N) is 1. The predicted octanol–water partition coefficient (Wildman–Crippen LogP) is 8.04. The van der Waals surface area contributed by atoms with Gasteiger partial charge in [0.2, 0.25) is 0 Å². The van der Waals surface area contributed by atoms with E-state index in [2.05, 4.69) is 53.8 Å². The zero-order valence-electron chi connectivity index (χ0n) is 24.6. The first kappa shape index (κ1) is 28.0. The van der Waals surface area contributed by atoms with Crippen LogP contribution in [0.1, 0.15) is 126 Å². The molecule has 0 aromatic carbocycles. The standard InChI is InChI=1S/C32H55NO3/c1-9-36-28(35)33-32-20-16-23(22(4)12-10-11-21(2)3)31(32,8)19-15-24-25(32)13-14-26-29(5,6)27(34)17-18-30(24,26)7/h21-23,26-27,34H,9-20H2,1-8H3,(H,33,35)/t22-,23-,26+,27+,30-,31-,32-/m1/s1. The number of aliphatic hydroxyl groups is 1. The van der Waals surface area contributed by atoms with Gasteiger partial charge in [-0.25, -0.2) is 4.79 Å². The Morgan fingerprint density at radius 2 is 1.72 bits per heavy atom. The van der Waals surface area contributed by atoms with E-state index in [0.29, 0.717) is 24.4 Å². The van der Waals surface area contributed by atoms with E-state index < -0.39 is 0 Å². The molecule has 7 atom stereocenters. The van der Waals surface area contributed by atoms with Crippen LogP contribution in [0.25, 0.3) is 0 Å². The zero-order chi connectivity index (χ0) is 26.5. The van der Waals surface area contributed by atoms with Crippen molar-refractivity contribution in [1.29, 1.82) is 0 Å². The second-order valence-corrected chi connectivity index (χ2v) is 14.5. The molecule has 0 bridgehead atoms. The zero-order valence-corrected chi connectivity index (χ0v) is 24.6. The van der Waals surface area contributed by atoms with Crippen molar-refractivity contribution in [2.45, 2.75) is 138 Å². The number of alkyl carbamates (subject to hydrolysis) is 1. The molecule has 2 N–H and O–H groups in total. The van der Waals surface area contributed by atoms with E-state index in [1.165, 1.54) is 25.7 Å². The van der Waals surface area contributed by atoms with Crippen LogP contribution in [0.5, 0.6) is 0 Å². The average Bonchev–Trinajstić information content (AvgIpc) is 3.09. The third-order valence-corrected chi connectivity index (χ3v) is 12.0. The van der Waals surface area contributed by atoms with Crippen molar-refractivity contribution in [3.63, 3.8) is 0 Å². The van der Waals surface area contributed by atoms with Crippen LogP contribution in [-0.2, 0) is 4.74 Å². The van der Waals surface area contributed by atoms with Gasteiger partial charge in [-0.3, -0.25) is 0 Å². The lowest BCUT2D eigenvalue weighted by molar-refractivity contribution is -0.0945. The molecule has 0 spiro atoms. The Morgan fingerprint density at radius 1 is 1.00 bits per heavy atom. The highest BCUT2D eigenvalue weighted by molar-refractivity contribution is 5.70. The summed E-state index contributed by atoms with van der Waals surface area (Å²) in [6.07, 6.45) is 12.0. The van der Waals surface area contributed by atoms with Crippen molar-refractivity contribution in [3.8, 4) is 0 Å². The summed E-state index contributed by atoms with van der Waals surface area (Å²) >= 11 is 0. The molecule has 4 heteroatoms. The first-order valence-electron chi connectivity index (χ1n) is 15.2. The second kappa shape index (κ2) is 9.93. The van der Waals surface area contributed by atoms with Gasteiger partial charge >= 0.3 is 6.09 Å². The molecule has 2 saturated carbocycles. The van der Waals surface area contributed by atoms with Crippen LogP contribution in [0.3, 0.4) is 0 Å². The monoisotopic (exact) mass is 501 g/mol. The number of hydrogen-bond donors (Lipinski definition) is 2. The maximum absolute atomic E-state index is 13.1. The molecular formula is C32H55NO3. The van der Waals surface area contributed by atoms with Gasteiger partial charge in [-0.15, -0.1) is 0 Å². The molecule has 1 amide bonds. The normalized spacial score (nSPS) is 40.3. The van der Waals surface area contributed by atoms with E-state index in [4.69, 9.17) is 4.74 Å². The minimum absolute atomic E-state index is 0.0583. The first-order chi connectivity index (χ1) is 16.8. The summed E-state index contributed by atoms with van der Waals surface area (Å²) in [6, 6.07) is 0. The largest absolute Gasteiger partial charge is 0.450 e. The molecule has 4 aliphatic rings. The number of ether oxygens (including phenoxy) is 1. The van der Waals surface area contributed by atoms with E-state index in [0.717, 1.165) is 50.9 Å². The van der Waals surface area contributed by atoms with Gasteiger partial charge in [0.05, 0.1) is 18.2 Å². The van der Waals surface area contributed by atoms with Gasteiger partial charge < -0.3 is 15.2 Å². The predicted molar refractivity (Wildman–Crippen MR) is 148 cm³/mol. The third kappa shape index (κ3) is 4.26. The number of hydrogen-bond acceptors (Lipinski definition) is 3. The quantitative estimate of drug-likeness (QED) is 0.347. The number of aliphatic hydroxyl groups excluding tert-OH is 1. The molecule has 4 nitrogen and oxygen atoms in total. The molecule has 0 saturated heterocycles. The molecule has 4 rings (SSSR count). The van der Waals surface area contributed by atoms with E-state index in [1.54, 1.807) is 11.1 Å². The summed E-state index contributed by atoms with van der Waals surface area (Å²) in [5.74, 6) is 2.54. The minimum atomic E-state index is -0.294. The molecule has 0 radical (unpaired) electrons. The Morgan fingerprint density at radius 3 is 2.39 bits per heavy atom. The van der Waals surface area contributed by atoms with Crippen LogP contribution >= 0.6 is 0 Å². The number of allylic oxidation sites excluding steroid dienone is 1. The minimum Gasteiger partial charge on any atom is -0.450 e. The second-order valence-electron chi connectivity index (χ2n) is 14.5. The van der Waals surface area contributed by atoms with Crippen LogP contribution in [0.4, 0.5) is 4.79 Å². The Hall–Kier alpha value is -1.03. The van der Waals surface area contributed by atoms with Crippen LogP contribution in [0.15, 0.2) is 11.1 Å². The lowest BCUT2D eigenvalue weighted by Crippen LogP contribution is -2.63. The summed E-state index contributed by atoms with van der Waals surface area (Å²) in [5.41, 5.74) is 2.98. The summed E-state index contributed by atoms with van der Waals surface area (Å²) in [5, 5.41) is 14.5. The van der Waals surface area contributed by atoms with Gasteiger partial charge in [0.1, 0.15) is 0 Å². The van der Waals surface area contributed by atoms with Crippen molar-refractivity contribution in [2.24, 2.45) is 39.9 Å². The molecule has 0 heterocycles. The Balaban J connectivity index is 1.74. The third-order valence-electron chi connectivity index (χ3n) is 12.0. The summed E-state index contributed by atoms with van der Waals surface area (Å²) < 4.78 is 5.53. The lowest BCUT2D eigenvalue weighted by atomic mass is 9.44. The van der Waals surface area contributed by atoms with E-state index in [1.807, 2.05) is 6.92 Å². The molecular weight excluding hydrogens is 446 g/mol. The number of rotatable bonds is 7. The summed E-state index contributed by atoms with van der Waals surface area (Å²) in [4.78, 5) is 13.1. The van der Waals surface area contributed by atoms with Crippen LogP contribution in [0.2, 0.25) is 0 Å². The Bertz CT molecular complexity index is 861. The summed E-state index contributed by atoms with van der Waals surface area (Å²) in [7, 11) is 0. The van der Waals surface area contributed by atoms with Gasteiger partial charge in [0.15, 0.2) is 0 Å². The van der Waals surface area contributed by atoms with Gasteiger partial charge in [-0.05, 0) is 104 Å². The molecule has 4 aliphatic carbocycles. The van der Waals surface area contributed by atoms with E-state index in [-0.39, 0.29) is 34.0 Å². The van der Waals surface area contributed by atoms with Crippen molar-refractivity contribution >= 4 is 6.09 Å². The highest BCUT2D eigenvalue weighted by atomic mass is 16.5. The lowest BCUT2D eigenvalue weighted by Gasteiger charge is -2.62. The molecule has 0 aromatic heterocycles. The van der Waals surface area contributed by atoms with E-state index in [9.17, 15) is 9.90 Å². The highest BCUT2D eigenvalue weighted by Gasteiger charge is 2.65. The number of carbonyl (C=O) groups excluding carboxylic acids is 1. The fourth-order valence-corrected chi connectivity index (χ4v) is 9.94. The van der Waals surface area contributed by atoms with Crippen LogP contribution in [0, 0.1) is 39.9 Å². The van der Waals surface area contributed by atoms with Crippen molar-refractivity contribution in [3.05, 3.63) is 11.1 Å². The van der Waals surface area contributed by atoms with Crippen LogP contribution < -0.4 is 5.32 Å². The topological polar surface area (TPSA) is 58.6 Å². The number of amides is 1. The number of carbonyl (C=O) groups is 1. The van der Waals surface area contributed by atoms with Gasteiger partial charge in [0.25, 0.3) is 0 Å². The SMILES string of the molecule is CCOC(=O)N[C@@]12CC[C@H]([C@H](C)CCCC(C)C)[C@@]1(C)CCC1=C2CC[C@H]2C(C)(C)[C@@H](O)CC[C@]12C. The average molecular weight is 502 g/mol. The van der Waals surface area contributed by atoms with Crippen molar-refractivity contribution in [2.75, 3.05) is 6.61 Å². The fraction of sp³-hybridized carbons (Fsp3) is 0.906. The van der Waals surface area contributed by atoms with Crippen molar-refractivity contribution in [1.82, 2.24) is 5.32 Å². The molecule has 0 aliphatic heterocycles. The van der Waals surface area contributed by atoms with Gasteiger partial charge in [-0.1, -0.05) is 73.3 Å².